The second kappa shape index (κ2) is 7.30. The smallest absolute Gasteiger partial charge is 0.335 e. The van der Waals surface area contributed by atoms with E-state index < -0.39 is 5.97 Å². The van der Waals surface area contributed by atoms with Crippen molar-refractivity contribution in [3.8, 4) is 11.9 Å². The predicted octanol–water partition coefficient (Wildman–Crippen LogP) is 4.56. The second-order valence-corrected chi connectivity index (χ2v) is 6.41. The van der Waals surface area contributed by atoms with Crippen LogP contribution < -0.4 is 0 Å². The highest BCUT2D eigenvalue weighted by molar-refractivity contribution is 5.92. The molecule has 2 heterocycles. The molecule has 0 amide bonds. The number of rotatable bonds is 4. The molecule has 0 fully saturated rings. The van der Waals surface area contributed by atoms with Gasteiger partial charge in [0.05, 0.1) is 17.2 Å². The van der Waals surface area contributed by atoms with Gasteiger partial charge in [0.25, 0.3) is 0 Å². The van der Waals surface area contributed by atoms with Crippen LogP contribution in [-0.4, -0.2) is 20.6 Å². The number of carbonyl (C=O) groups is 1. The third-order valence-electron chi connectivity index (χ3n) is 4.46. The van der Waals surface area contributed by atoms with Crippen molar-refractivity contribution in [2.24, 2.45) is 0 Å². The van der Waals surface area contributed by atoms with Crippen LogP contribution >= 0.6 is 0 Å². The number of benzene rings is 1. The van der Waals surface area contributed by atoms with E-state index in [4.69, 9.17) is 5.11 Å². The van der Waals surface area contributed by atoms with Crippen LogP contribution in [0.3, 0.4) is 0 Å². The van der Waals surface area contributed by atoms with Crippen LogP contribution in [-0.2, 0) is 0 Å². The molecule has 0 aliphatic heterocycles. The number of aromatic nitrogens is 2. The molecule has 3 aromatic rings. The Morgan fingerprint density at radius 3 is 2.33 bits per heavy atom. The molecule has 5 heteroatoms. The Kier molecular flexibility index (Phi) is 4.91. The summed E-state index contributed by atoms with van der Waals surface area (Å²) in [6, 6.07) is 14.5. The summed E-state index contributed by atoms with van der Waals surface area (Å²) >= 11 is 0. The lowest BCUT2D eigenvalue weighted by Gasteiger charge is -2.08. The fraction of sp³-hybridized carbons (Fsp3) is 0.136. The molecule has 0 unspecified atom stereocenters. The maximum Gasteiger partial charge on any atom is 0.335 e. The van der Waals surface area contributed by atoms with E-state index in [1.54, 1.807) is 12.1 Å². The van der Waals surface area contributed by atoms with Gasteiger partial charge in [0.1, 0.15) is 5.82 Å². The molecule has 0 spiro atoms. The summed E-state index contributed by atoms with van der Waals surface area (Å²) in [6.45, 7) is 5.98. The van der Waals surface area contributed by atoms with Crippen LogP contribution in [0.4, 0.5) is 0 Å². The quantitative estimate of drug-likeness (QED) is 0.694. The first-order chi connectivity index (χ1) is 12.9. The number of aryl methyl sites for hydroxylation is 2. The molecule has 134 valence electrons. The topological polar surface area (TPSA) is 78.9 Å². The van der Waals surface area contributed by atoms with E-state index in [1.165, 1.54) is 12.1 Å². The zero-order valence-electron chi connectivity index (χ0n) is 15.4. The van der Waals surface area contributed by atoms with E-state index in [2.05, 4.69) is 11.1 Å². The molecular formula is C22H19N3O2. The van der Waals surface area contributed by atoms with E-state index >= 15 is 0 Å². The summed E-state index contributed by atoms with van der Waals surface area (Å²) in [4.78, 5) is 15.5. The lowest BCUT2D eigenvalue weighted by molar-refractivity contribution is 0.0697. The van der Waals surface area contributed by atoms with Gasteiger partial charge in [-0.1, -0.05) is 18.2 Å². The third-order valence-corrected chi connectivity index (χ3v) is 4.46. The Balaban J connectivity index is 2.03. The van der Waals surface area contributed by atoms with Crippen LogP contribution in [0.1, 0.15) is 38.4 Å². The van der Waals surface area contributed by atoms with Gasteiger partial charge in [0, 0.05) is 17.6 Å². The predicted molar refractivity (Wildman–Crippen MR) is 105 cm³/mol. The number of nitrogens with zero attached hydrogens (tertiary/aromatic N) is 3. The number of carboxylic acid groups (broad SMARTS) is 1. The summed E-state index contributed by atoms with van der Waals surface area (Å²) < 4.78 is 2.05. The minimum atomic E-state index is -0.988. The molecule has 0 aliphatic rings. The molecule has 27 heavy (non-hydrogen) atoms. The van der Waals surface area contributed by atoms with Gasteiger partial charge in [-0.25, -0.2) is 9.78 Å². The van der Waals surface area contributed by atoms with Crippen LogP contribution in [0, 0.1) is 32.1 Å². The second-order valence-electron chi connectivity index (χ2n) is 6.41. The number of nitriles is 1. The van der Waals surface area contributed by atoms with Gasteiger partial charge in [0.2, 0.25) is 0 Å². The summed E-state index contributed by atoms with van der Waals surface area (Å²) in [5.74, 6) is -0.155. The fourth-order valence-electron chi connectivity index (χ4n) is 3.01. The standard InChI is InChI=1S/C22H19N3O2/c1-14-4-9-21(24-13-14)25-15(2)10-19(16(25)3)11-20(12-23)17-5-7-18(8-6-17)22(26)27/h4-11,13H,1-3H3,(H,26,27)/b20-11-. The van der Waals surface area contributed by atoms with E-state index in [1.807, 2.05) is 55.8 Å². The number of pyridine rings is 1. The van der Waals surface area contributed by atoms with Crippen LogP contribution in [0.15, 0.2) is 48.7 Å². The number of hydrogen-bond donors (Lipinski definition) is 1. The Morgan fingerprint density at radius 1 is 1.11 bits per heavy atom. The Labute approximate surface area is 157 Å². The van der Waals surface area contributed by atoms with Crippen LogP contribution in [0.5, 0.6) is 0 Å². The zero-order valence-corrected chi connectivity index (χ0v) is 15.4. The summed E-state index contributed by atoms with van der Waals surface area (Å²) in [5, 5.41) is 18.6. The maximum absolute atomic E-state index is 11.0. The van der Waals surface area contributed by atoms with E-state index in [0.717, 1.165) is 28.3 Å². The fourth-order valence-corrected chi connectivity index (χ4v) is 3.01. The minimum absolute atomic E-state index is 0.194. The Morgan fingerprint density at radius 2 is 1.78 bits per heavy atom. The van der Waals surface area contributed by atoms with Crippen molar-refractivity contribution in [3.05, 3.63) is 82.3 Å². The highest BCUT2D eigenvalue weighted by Gasteiger charge is 2.12. The summed E-state index contributed by atoms with van der Waals surface area (Å²) in [5.41, 5.74) is 5.38. The molecular weight excluding hydrogens is 338 g/mol. The van der Waals surface area contributed by atoms with Gasteiger partial charge >= 0.3 is 5.97 Å². The normalized spacial score (nSPS) is 11.3. The molecule has 5 nitrogen and oxygen atoms in total. The molecule has 0 aliphatic carbocycles. The average Bonchev–Trinajstić information content (AvgIpc) is 2.94. The van der Waals surface area contributed by atoms with Crippen molar-refractivity contribution in [2.75, 3.05) is 0 Å². The highest BCUT2D eigenvalue weighted by atomic mass is 16.4. The van der Waals surface area contributed by atoms with Crippen LogP contribution in [0.2, 0.25) is 0 Å². The Hall–Kier alpha value is -3.65. The molecule has 3 rings (SSSR count). The van der Waals surface area contributed by atoms with Crippen molar-refractivity contribution in [1.82, 2.24) is 9.55 Å². The summed E-state index contributed by atoms with van der Waals surface area (Å²) in [6.07, 6.45) is 3.65. The number of hydrogen-bond acceptors (Lipinski definition) is 3. The first-order valence-electron chi connectivity index (χ1n) is 8.48. The molecule has 0 saturated heterocycles. The SMILES string of the molecule is Cc1ccc(-n2c(C)cc(/C=C(/C#N)c3ccc(C(=O)O)cc3)c2C)nc1. The molecule has 1 N–H and O–H groups in total. The summed E-state index contributed by atoms with van der Waals surface area (Å²) in [7, 11) is 0. The largest absolute Gasteiger partial charge is 0.478 e. The number of aromatic carboxylic acids is 1. The van der Waals surface area contributed by atoms with Gasteiger partial charge in [-0.2, -0.15) is 5.26 Å². The molecule has 2 aromatic heterocycles. The van der Waals surface area contributed by atoms with Gasteiger partial charge in [-0.3, -0.25) is 0 Å². The molecule has 0 atom stereocenters. The molecule has 1 aromatic carbocycles. The van der Waals surface area contributed by atoms with Crippen LogP contribution in [0.25, 0.3) is 17.5 Å². The van der Waals surface area contributed by atoms with Crippen molar-refractivity contribution in [2.45, 2.75) is 20.8 Å². The Bertz CT molecular complexity index is 1070. The number of carboxylic acids is 1. The zero-order chi connectivity index (χ0) is 19.6. The maximum atomic E-state index is 11.0. The van der Waals surface area contributed by atoms with Gasteiger partial charge in [0.15, 0.2) is 0 Å². The van der Waals surface area contributed by atoms with Gasteiger partial charge in [-0.05, 0) is 67.8 Å². The lowest BCUT2D eigenvalue weighted by atomic mass is 10.0. The van der Waals surface area contributed by atoms with Crippen molar-refractivity contribution in [1.29, 1.82) is 5.26 Å². The van der Waals surface area contributed by atoms with E-state index in [0.29, 0.717) is 11.1 Å². The van der Waals surface area contributed by atoms with E-state index in [-0.39, 0.29) is 5.56 Å². The van der Waals surface area contributed by atoms with E-state index in [9.17, 15) is 10.1 Å². The number of allylic oxidation sites excluding steroid dienone is 1. The minimum Gasteiger partial charge on any atom is -0.478 e. The lowest BCUT2D eigenvalue weighted by Crippen LogP contribution is -2.01. The molecule has 0 bridgehead atoms. The van der Waals surface area contributed by atoms with Gasteiger partial charge < -0.3 is 9.67 Å². The molecule has 0 saturated carbocycles. The first kappa shape index (κ1) is 18.2. The van der Waals surface area contributed by atoms with Crippen molar-refractivity contribution in [3.63, 3.8) is 0 Å². The average molecular weight is 357 g/mol. The first-order valence-corrected chi connectivity index (χ1v) is 8.48. The van der Waals surface area contributed by atoms with Gasteiger partial charge in [-0.15, -0.1) is 0 Å². The highest BCUT2D eigenvalue weighted by Crippen LogP contribution is 2.25. The van der Waals surface area contributed by atoms with Crippen molar-refractivity contribution >= 4 is 17.6 Å². The third kappa shape index (κ3) is 3.65. The monoisotopic (exact) mass is 357 g/mol. The molecule has 0 radical (unpaired) electrons. The van der Waals surface area contributed by atoms with Crippen molar-refractivity contribution < 1.29 is 9.90 Å².